The quantitative estimate of drug-likeness (QED) is 0.469. The number of hydrogen-bond acceptors (Lipinski definition) is 4. The molecule has 0 spiro atoms. The lowest BCUT2D eigenvalue weighted by molar-refractivity contribution is -0.274. The summed E-state index contributed by atoms with van der Waals surface area (Å²) in [4.78, 5) is 33.1. The third-order valence-electron chi connectivity index (χ3n) is 4.18. The minimum Gasteiger partial charge on any atom is -0.406 e. The van der Waals surface area contributed by atoms with E-state index in [9.17, 15) is 22.8 Å². The maximum atomic E-state index is 12.4. The van der Waals surface area contributed by atoms with E-state index in [1.54, 1.807) is 30.3 Å². The maximum Gasteiger partial charge on any atom is 0.573 e. The van der Waals surface area contributed by atoms with Gasteiger partial charge in [-0.15, -0.1) is 13.2 Å². The molecule has 152 valence electrons. The van der Waals surface area contributed by atoms with Crippen LogP contribution < -0.4 is 15.7 Å². The van der Waals surface area contributed by atoms with E-state index in [0.29, 0.717) is 33.5 Å². The number of carbonyl (C=O) groups is 1. The molecule has 0 atom stereocenters. The average molecular weight is 414 g/mol. The van der Waals surface area contributed by atoms with Crippen LogP contribution >= 0.6 is 0 Å². The van der Waals surface area contributed by atoms with Crippen LogP contribution in [0.1, 0.15) is 10.4 Å². The molecule has 0 aliphatic rings. The van der Waals surface area contributed by atoms with Crippen molar-refractivity contribution in [2.75, 3.05) is 5.32 Å². The molecular weight excluding hydrogens is 401 g/mol. The Morgan fingerprint density at radius 1 is 0.967 bits per heavy atom. The van der Waals surface area contributed by atoms with Gasteiger partial charge in [0.25, 0.3) is 5.91 Å². The molecule has 2 aromatic heterocycles. The fourth-order valence-corrected chi connectivity index (χ4v) is 2.84. The van der Waals surface area contributed by atoms with Gasteiger partial charge >= 0.3 is 12.1 Å². The first kappa shape index (κ1) is 19.2. The molecule has 0 saturated carbocycles. The second kappa shape index (κ2) is 7.39. The number of anilines is 1. The predicted octanol–water partition coefficient (Wildman–Crippen LogP) is 4.07. The SMILES string of the molecule is O=C(Nc1ccc2[nH]c(=O)[nH]c2c1)c1ccc(-c2ccc(OC(F)(F)F)cc2)nc1. The zero-order valence-electron chi connectivity index (χ0n) is 15.1. The largest absolute Gasteiger partial charge is 0.573 e. The summed E-state index contributed by atoms with van der Waals surface area (Å²) < 4.78 is 40.5. The van der Waals surface area contributed by atoms with Gasteiger partial charge in [-0.25, -0.2) is 4.79 Å². The molecule has 2 aromatic carbocycles. The van der Waals surface area contributed by atoms with Crippen molar-refractivity contribution in [1.82, 2.24) is 15.0 Å². The summed E-state index contributed by atoms with van der Waals surface area (Å²) in [6.07, 6.45) is -3.39. The number of alkyl halides is 3. The number of carbonyl (C=O) groups excluding carboxylic acids is 1. The van der Waals surface area contributed by atoms with Crippen molar-refractivity contribution in [3.05, 3.63) is 76.8 Å². The molecule has 0 unspecified atom stereocenters. The molecule has 0 fully saturated rings. The summed E-state index contributed by atoms with van der Waals surface area (Å²) >= 11 is 0. The molecule has 0 aliphatic heterocycles. The molecule has 0 saturated heterocycles. The number of aromatic nitrogens is 3. The Morgan fingerprint density at radius 3 is 2.37 bits per heavy atom. The van der Waals surface area contributed by atoms with Crippen LogP contribution in [0, 0.1) is 0 Å². The number of nitrogens with zero attached hydrogens (tertiary/aromatic N) is 1. The number of benzene rings is 2. The number of amides is 1. The summed E-state index contributed by atoms with van der Waals surface area (Å²) in [5.41, 5.74) is 2.67. The Kier molecular flexibility index (Phi) is 4.74. The zero-order chi connectivity index (χ0) is 21.3. The van der Waals surface area contributed by atoms with Crippen molar-refractivity contribution < 1.29 is 22.7 Å². The van der Waals surface area contributed by atoms with Gasteiger partial charge in [-0.1, -0.05) is 0 Å². The molecule has 4 rings (SSSR count). The van der Waals surface area contributed by atoms with Crippen LogP contribution in [0.2, 0.25) is 0 Å². The van der Waals surface area contributed by atoms with Gasteiger partial charge in [0.1, 0.15) is 5.75 Å². The summed E-state index contributed by atoms with van der Waals surface area (Å²) in [7, 11) is 0. The molecule has 1 amide bonds. The van der Waals surface area contributed by atoms with Crippen molar-refractivity contribution in [1.29, 1.82) is 0 Å². The van der Waals surface area contributed by atoms with E-state index >= 15 is 0 Å². The van der Waals surface area contributed by atoms with Crippen molar-refractivity contribution >= 4 is 22.6 Å². The zero-order valence-corrected chi connectivity index (χ0v) is 15.1. The normalized spacial score (nSPS) is 11.4. The highest BCUT2D eigenvalue weighted by molar-refractivity contribution is 6.04. The van der Waals surface area contributed by atoms with E-state index in [1.807, 2.05) is 0 Å². The molecule has 0 bridgehead atoms. The number of pyridine rings is 1. The second-order valence-corrected chi connectivity index (χ2v) is 6.30. The topological polar surface area (TPSA) is 99.9 Å². The van der Waals surface area contributed by atoms with E-state index in [2.05, 4.69) is 25.0 Å². The summed E-state index contributed by atoms with van der Waals surface area (Å²) in [6, 6.07) is 13.3. The molecule has 0 aliphatic carbocycles. The lowest BCUT2D eigenvalue weighted by Crippen LogP contribution is -2.16. The van der Waals surface area contributed by atoms with Crippen LogP contribution in [0.3, 0.4) is 0 Å². The molecule has 4 aromatic rings. The number of ether oxygens (including phenoxy) is 1. The van der Waals surface area contributed by atoms with Gasteiger partial charge in [0.2, 0.25) is 0 Å². The Hall–Kier alpha value is -4.08. The van der Waals surface area contributed by atoms with Gasteiger partial charge in [0, 0.05) is 17.4 Å². The Bertz CT molecular complexity index is 1260. The van der Waals surface area contributed by atoms with E-state index in [4.69, 9.17) is 0 Å². The van der Waals surface area contributed by atoms with E-state index in [-0.39, 0.29) is 11.4 Å². The lowest BCUT2D eigenvalue weighted by atomic mass is 10.1. The smallest absolute Gasteiger partial charge is 0.406 e. The fraction of sp³-hybridized carbons (Fsp3) is 0.0500. The van der Waals surface area contributed by atoms with E-state index in [0.717, 1.165) is 0 Å². The van der Waals surface area contributed by atoms with Crippen LogP contribution in [-0.2, 0) is 0 Å². The van der Waals surface area contributed by atoms with Gasteiger partial charge < -0.3 is 20.0 Å². The number of H-pyrrole nitrogens is 2. The van der Waals surface area contributed by atoms with Crippen molar-refractivity contribution in [2.24, 2.45) is 0 Å². The number of nitrogens with one attached hydrogen (secondary N) is 3. The first-order valence-corrected chi connectivity index (χ1v) is 8.62. The standard InChI is InChI=1S/C20H13F3N4O3/c21-20(22,23)30-14-5-1-11(2-6-14)15-7-3-12(10-24-15)18(28)25-13-4-8-16-17(9-13)27-19(29)26-16/h1-10H,(H,25,28)(H2,26,27,29). The van der Waals surface area contributed by atoms with Crippen LogP contribution in [0.25, 0.3) is 22.3 Å². The van der Waals surface area contributed by atoms with Gasteiger partial charge in [-0.3, -0.25) is 9.78 Å². The van der Waals surface area contributed by atoms with Crippen LogP contribution in [0.5, 0.6) is 5.75 Å². The van der Waals surface area contributed by atoms with Gasteiger partial charge in [-0.05, 0) is 54.6 Å². The van der Waals surface area contributed by atoms with Crippen molar-refractivity contribution in [3.8, 4) is 17.0 Å². The minimum atomic E-state index is -4.75. The van der Waals surface area contributed by atoms with Crippen LogP contribution in [-0.4, -0.2) is 27.2 Å². The lowest BCUT2D eigenvalue weighted by Gasteiger charge is -2.09. The first-order chi connectivity index (χ1) is 14.3. The maximum absolute atomic E-state index is 12.4. The summed E-state index contributed by atoms with van der Waals surface area (Å²) in [5, 5.41) is 2.71. The fourth-order valence-electron chi connectivity index (χ4n) is 2.84. The van der Waals surface area contributed by atoms with Crippen LogP contribution in [0.4, 0.5) is 18.9 Å². The first-order valence-electron chi connectivity index (χ1n) is 8.62. The number of halogens is 3. The minimum absolute atomic E-state index is 0.290. The van der Waals surface area contributed by atoms with Gasteiger partial charge in [0.15, 0.2) is 0 Å². The third-order valence-corrected chi connectivity index (χ3v) is 4.18. The summed E-state index contributed by atoms with van der Waals surface area (Å²) in [5.74, 6) is -0.733. The predicted molar refractivity (Wildman–Crippen MR) is 103 cm³/mol. The molecule has 2 heterocycles. The highest BCUT2D eigenvalue weighted by Gasteiger charge is 2.30. The third kappa shape index (κ3) is 4.32. The highest BCUT2D eigenvalue weighted by atomic mass is 19.4. The number of imidazole rings is 1. The Morgan fingerprint density at radius 2 is 1.70 bits per heavy atom. The molecular formula is C20H13F3N4O3. The average Bonchev–Trinajstić information content (AvgIpc) is 3.07. The molecule has 7 nitrogen and oxygen atoms in total. The number of fused-ring (bicyclic) bond motifs is 1. The van der Waals surface area contributed by atoms with Crippen LogP contribution in [0.15, 0.2) is 65.6 Å². The summed E-state index contributed by atoms with van der Waals surface area (Å²) in [6.45, 7) is 0. The number of hydrogen-bond donors (Lipinski definition) is 3. The van der Waals surface area contributed by atoms with Crippen molar-refractivity contribution in [2.45, 2.75) is 6.36 Å². The molecule has 10 heteroatoms. The van der Waals surface area contributed by atoms with E-state index in [1.165, 1.54) is 30.5 Å². The van der Waals surface area contributed by atoms with Gasteiger partial charge in [-0.2, -0.15) is 0 Å². The number of aromatic amines is 2. The monoisotopic (exact) mass is 414 g/mol. The second-order valence-electron chi connectivity index (χ2n) is 6.30. The number of rotatable bonds is 4. The molecule has 0 radical (unpaired) electrons. The Balaban J connectivity index is 1.47. The van der Waals surface area contributed by atoms with E-state index < -0.39 is 12.3 Å². The molecule has 30 heavy (non-hydrogen) atoms. The highest BCUT2D eigenvalue weighted by Crippen LogP contribution is 2.26. The van der Waals surface area contributed by atoms with Crippen molar-refractivity contribution in [3.63, 3.8) is 0 Å². The van der Waals surface area contributed by atoms with Gasteiger partial charge in [0.05, 0.1) is 22.3 Å². The Labute approximate surface area is 166 Å². The molecule has 3 N–H and O–H groups in total.